The second-order valence-electron chi connectivity index (χ2n) is 21.5. The molecule has 0 saturated carbocycles. The van der Waals surface area contributed by atoms with Crippen LogP contribution >= 0.6 is 11.6 Å². The quantitative estimate of drug-likeness (QED) is 0.0876. The molecule has 2 bridgehead atoms. The van der Waals surface area contributed by atoms with E-state index in [1.807, 2.05) is 25.7 Å². The van der Waals surface area contributed by atoms with E-state index in [1.54, 1.807) is 18.2 Å². The van der Waals surface area contributed by atoms with Crippen LogP contribution in [0, 0.1) is 23.1 Å². The molecule has 15 heteroatoms. The van der Waals surface area contributed by atoms with Crippen LogP contribution in [0.5, 0.6) is 11.8 Å². The molecule has 5 aliphatic heterocycles. The highest BCUT2D eigenvalue weighted by atomic mass is 35.5. The summed E-state index contributed by atoms with van der Waals surface area (Å²) in [7, 11) is -0.849. The Hall–Kier alpha value is -4.29. The smallest absolute Gasteiger partial charge is 0.410 e. The highest BCUT2D eigenvalue weighted by molar-refractivity contribution is 6.90. The molecular formula is C52H65ClF3N5O5Si. The predicted molar refractivity (Wildman–Crippen MR) is 261 cm³/mol. The van der Waals surface area contributed by atoms with Crippen molar-refractivity contribution in [3.05, 3.63) is 52.0 Å². The molecule has 4 saturated heterocycles. The van der Waals surface area contributed by atoms with Gasteiger partial charge in [-0.1, -0.05) is 65.1 Å². The molecule has 6 heterocycles. The van der Waals surface area contributed by atoms with E-state index in [-0.39, 0.29) is 81.9 Å². The van der Waals surface area contributed by atoms with Crippen LogP contribution in [-0.4, -0.2) is 110 Å². The number of methoxy groups -OCH3 is 1. The van der Waals surface area contributed by atoms with E-state index in [2.05, 4.69) is 62.8 Å². The Morgan fingerprint density at radius 3 is 2.43 bits per heavy atom. The van der Waals surface area contributed by atoms with E-state index in [4.69, 9.17) is 40.5 Å². The molecule has 0 aliphatic carbocycles. The van der Waals surface area contributed by atoms with E-state index >= 15 is 8.78 Å². The maximum atomic E-state index is 18.4. The third-order valence-electron chi connectivity index (χ3n) is 15.6. The summed E-state index contributed by atoms with van der Waals surface area (Å²) < 4.78 is 73.9. The van der Waals surface area contributed by atoms with Crippen molar-refractivity contribution in [2.75, 3.05) is 45.0 Å². The van der Waals surface area contributed by atoms with Gasteiger partial charge < -0.3 is 23.8 Å². The maximum absolute atomic E-state index is 18.4. The largest absolute Gasteiger partial charge is 0.468 e. The van der Waals surface area contributed by atoms with Crippen LogP contribution in [0.3, 0.4) is 0 Å². The zero-order valence-electron chi connectivity index (χ0n) is 40.6. The molecule has 0 radical (unpaired) electrons. The number of carbonyl (C=O) groups excluding carboxylic acids is 1. The fraction of sp³-hybridized carbons (Fsp3) is 0.596. The van der Waals surface area contributed by atoms with Crippen molar-refractivity contribution in [2.24, 2.45) is 0 Å². The van der Waals surface area contributed by atoms with Crippen molar-refractivity contribution in [2.45, 2.75) is 159 Å². The third kappa shape index (κ3) is 8.21. The molecule has 67 heavy (non-hydrogen) atoms. The number of aromatic nitrogens is 2. The highest BCUT2D eigenvalue weighted by Gasteiger charge is 2.52. The lowest BCUT2D eigenvalue weighted by atomic mass is 9.90. The summed E-state index contributed by atoms with van der Waals surface area (Å²) in [5.41, 5.74) is 4.55. The Labute approximate surface area is 399 Å². The minimum atomic E-state index is -2.37. The molecule has 9 rings (SSSR count). The number of ether oxygens (including phenoxy) is 4. The normalized spacial score (nSPS) is 23.8. The third-order valence-corrected chi connectivity index (χ3v) is 22.3. The Morgan fingerprint density at radius 1 is 0.985 bits per heavy atom. The van der Waals surface area contributed by atoms with Gasteiger partial charge in [-0.05, 0) is 117 Å². The van der Waals surface area contributed by atoms with Crippen LogP contribution in [0.15, 0.2) is 24.3 Å². The van der Waals surface area contributed by atoms with Gasteiger partial charge >= 0.3 is 12.1 Å². The molecule has 0 N–H and O–H groups in total. The van der Waals surface area contributed by atoms with Crippen molar-refractivity contribution in [3.8, 4) is 34.4 Å². The fourth-order valence-electron chi connectivity index (χ4n) is 12.8. The summed E-state index contributed by atoms with van der Waals surface area (Å²) in [6.07, 6.45) is 3.24. The number of amides is 1. The molecule has 3 aromatic carbocycles. The van der Waals surface area contributed by atoms with Gasteiger partial charge in [0.1, 0.15) is 49.4 Å². The van der Waals surface area contributed by atoms with Crippen LogP contribution in [-0.2, 0) is 15.9 Å². The first-order valence-corrected chi connectivity index (χ1v) is 26.8. The Bertz CT molecular complexity index is 2650. The Kier molecular flexibility index (Phi) is 12.8. The lowest BCUT2D eigenvalue weighted by Gasteiger charge is -2.47. The number of hydrogen-bond donors (Lipinski definition) is 0. The second kappa shape index (κ2) is 17.9. The molecule has 1 amide bonds. The first-order chi connectivity index (χ1) is 31.8. The van der Waals surface area contributed by atoms with Gasteiger partial charge in [-0.15, -0.1) is 5.54 Å². The SMILES string of the molecule is COCOc1cc(-c2c(Cl)c3c4c(nc(OC[C@@]56CCCN5C[C@H](F)C6)nc4c2F)N2C[C@H]4CC[C@@H]([C@H]2CC3)N4C(=O)OC(C)(C)C)c2c(C#C[Si](C(C)C)(C(C)C)C(C)C)c(F)ccc2c1. The van der Waals surface area contributed by atoms with E-state index in [0.717, 1.165) is 32.2 Å². The molecule has 0 unspecified atom stereocenters. The molecule has 4 aromatic rings. The van der Waals surface area contributed by atoms with Crippen molar-refractivity contribution in [1.29, 1.82) is 0 Å². The molecule has 5 atom stereocenters. The number of rotatable bonds is 10. The average molecular weight is 961 g/mol. The lowest BCUT2D eigenvalue weighted by Crippen LogP contribution is -2.62. The van der Waals surface area contributed by atoms with Crippen LogP contribution in [0.1, 0.15) is 112 Å². The molecule has 1 aromatic heterocycles. The summed E-state index contributed by atoms with van der Waals surface area (Å²) in [6.45, 7) is 20.5. The van der Waals surface area contributed by atoms with Crippen LogP contribution in [0.4, 0.5) is 23.8 Å². The first-order valence-electron chi connectivity index (χ1n) is 24.2. The van der Waals surface area contributed by atoms with Crippen molar-refractivity contribution in [1.82, 2.24) is 19.8 Å². The first kappa shape index (κ1) is 47.8. The number of piperazine rings is 1. The van der Waals surface area contributed by atoms with Crippen molar-refractivity contribution in [3.63, 3.8) is 0 Å². The van der Waals surface area contributed by atoms with E-state index in [1.165, 1.54) is 13.2 Å². The zero-order chi connectivity index (χ0) is 47.9. The minimum absolute atomic E-state index is 0.0128. The van der Waals surface area contributed by atoms with Gasteiger partial charge in [0.2, 0.25) is 0 Å². The molecular weight excluding hydrogens is 895 g/mol. The predicted octanol–water partition coefficient (Wildman–Crippen LogP) is 11.8. The van der Waals surface area contributed by atoms with Crippen molar-refractivity contribution < 1.29 is 36.9 Å². The summed E-state index contributed by atoms with van der Waals surface area (Å²) in [6, 6.07) is 5.92. The minimum Gasteiger partial charge on any atom is -0.468 e. The lowest BCUT2D eigenvalue weighted by molar-refractivity contribution is 0.00720. The Morgan fingerprint density at radius 2 is 1.73 bits per heavy atom. The number of hydrogen-bond acceptors (Lipinski definition) is 9. The summed E-state index contributed by atoms with van der Waals surface area (Å²) in [4.78, 5) is 30.1. The van der Waals surface area contributed by atoms with Crippen LogP contribution < -0.4 is 14.4 Å². The van der Waals surface area contributed by atoms with Gasteiger partial charge in [-0.3, -0.25) is 9.80 Å². The van der Waals surface area contributed by atoms with Gasteiger partial charge in [0.15, 0.2) is 12.6 Å². The Balaban J connectivity index is 1.27. The summed E-state index contributed by atoms with van der Waals surface area (Å²) in [5.74, 6) is 2.99. The highest BCUT2D eigenvalue weighted by Crippen LogP contribution is 2.51. The van der Waals surface area contributed by atoms with Crippen LogP contribution in [0.2, 0.25) is 21.6 Å². The molecule has 0 spiro atoms. The van der Waals surface area contributed by atoms with Gasteiger partial charge in [0.25, 0.3) is 0 Å². The maximum Gasteiger partial charge on any atom is 0.410 e. The number of alkyl halides is 1. The molecule has 360 valence electrons. The van der Waals surface area contributed by atoms with E-state index in [0.29, 0.717) is 71.2 Å². The standard InChI is InChI=1S/C52H65ClF3N5O5Si/c1-29(2)67(30(3)4,31(5)6)21-18-36-39(55)15-12-32-22-35(65-28-63-10)23-38(42(32)36)43-45(53)37-14-17-40-41-16-13-34(61(41)50(62)66-51(7,8)9)26-60(40)48-44(37)47(46(43)56)57-49(58-48)64-27-52-19-11-20-59(52)25-33(54)24-52/h12,15,22-23,29-31,33-34,40-41H,11,13-14,16-17,19-20,24-28H2,1-10H3/t33-,34-,40-,41+,52+/m1/s1. The molecule has 10 nitrogen and oxygen atoms in total. The van der Waals surface area contributed by atoms with E-state index < -0.39 is 37.0 Å². The topological polar surface area (TPSA) is 89.5 Å². The summed E-state index contributed by atoms with van der Waals surface area (Å²) >= 11 is 7.66. The van der Waals surface area contributed by atoms with Crippen LogP contribution in [0.25, 0.3) is 32.8 Å². The van der Waals surface area contributed by atoms with Gasteiger partial charge in [-0.2, -0.15) is 9.97 Å². The number of carbonyl (C=O) groups is 1. The second-order valence-corrected chi connectivity index (χ2v) is 27.5. The number of anilines is 1. The monoisotopic (exact) mass is 959 g/mol. The van der Waals surface area contributed by atoms with Crippen molar-refractivity contribution >= 4 is 53.3 Å². The molecule has 4 fully saturated rings. The zero-order valence-corrected chi connectivity index (χ0v) is 42.4. The number of benzene rings is 3. The summed E-state index contributed by atoms with van der Waals surface area (Å²) in [5, 5.41) is 1.63. The average Bonchev–Trinajstić information content (AvgIpc) is 3.86. The number of nitrogens with zero attached hydrogens (tertiary/aromatic N) is 5. The van der Waals surface area contributed by atoms with Gasteiger partial charge in [0.05, 0.1) is 39.6 Å². The molecule has 5 aliphatic rings. The number of halogens is 4. The number of aryl methyl sites for hydroxylation is 1. The van der Waals surface area contributed by atoms with Gasteiger partial charge in [-0.25, -0.2) is 18.0 Å². The van der Waals surface area contributed by atoms with Gasteiger partial charge in [0, 0.05) is 37.6 Å². The number of fused-ring (bicyclic) bond motifs is 7. The van der Waals surface area contributed by atoms with E-state index in [9.17, 15) is 9.18 Å². The fourth-order valence-corrected chi connectivity index (χ4v) is 18.4.